The van der Waals surface area contributed by atoms with Gasteiger partial charge in [-0.15, -0.1) is 0 Å². The second kappa shape index (κ2) is 7.36. The summed E-state index contributed by atoms with van der Waals surface area (Å²) in [6, 6.07) is 16.2. The molecule has 4 nitrogen and oxygen atoms in total. The minimum absolute atomic E-state index is 0.260. The van der Waals surface area contributed by atoms with E-state index < -0.39 is 10.0 Å². The van der Waals surface area contributed by atoms with Crippen molar-refractivity contribution in [2.75, 3.05) is 6.61 Å². The topological polar surface area (TPSA) is 55.4 Å². The molecule has 2 aromatic carbocycles. The third-order valence-corrected chi connectivity index (χ3v) is 4.39. The van der Waals surface area contributed by atoms with Gasteiger partial charge < -0.3 is 4.74 Å². The van der Waals surface area contributed by atoms with Crippen molar-refractivity contribution in [2.24, 2.45) is 0 Å². The normalized spacial score (nSPS) is 11.5. The van der Waals surface area contributed by atoms with Crippen LogP contribution in [0.4, 0.5) is 0 Å². The quantitative estimate of drug-likeness (QED) is 0.855. The van der Waals surface area contributed by atoms with Gasteiger partial charge in [-0.2, -0.15) is 0 Å². The van der Waals surface area contributed by atoms with E-state index in [-0.39, 0.29) is 11.4 Å². The first-order valence-electron chi connectivity index (χ1n) is 6.82. The third-order valence-electron chi connectivity index (χ3n) is 2.99. The molecule has 5 heteroatoms. The van der Waals surface area contributed by atoms with Crippen molar-refractivity contribution in [2.45, 2.75) is 25.0 Å². The molecule has 0 saturated heterocycles. The van der Waals surface area contributed by atoms with Crippen LogP contribution >= 0.6 is 0 Å². The first-order chi connectivity index (χ1) is 10.1. The first kappa shape index (κ1) is 15.7. The summed E-state index contributed by atoms with van der Waals surface area (Å²) in [5, 5.41) is 0. The molecule has 0 aliphatic heterocycles. The third kappa shape index (κ3) is 4.67. The summed E-state index contributed by atoms with van der Waals surface area (Å²) in [4.78, 5) is 0.260. The summed E-state index contributed by atoms with van der Waals surface area (Å²) >= 11 is 0. The predicted molar refractivity (Wildman–Crippen MR) is 82.2 cm³/mol. The van der Waals surface area contributed by atoms with Gasteiger partial charge in [-0.25, -0.2) is 13.1 Å². The van der Waals surface area contributed by atoms with E-state index in [1.807, 2.05) is 43.3 Å². The minimum Gasteiger partial charge on any atom is -0.377 e. The van der Waals surface area contributed by atoms with Crippen LogP contribution in [0.2, 0.25) is 0 Å². The molecule has 0 heterocycles. The fourth-order valence-corrected chi connectivity index (χ4v) is 2.97. The number of hydrogen-bond donors (Lipinski definition) is 1. The van der Waals surface area contributed by atoms with Gasteiger partial charge in [-0.1, -0.05) is 42.5 Å². The highest BCUT2D eigenvalue weighted by Gasteiger charge is 2.13. The second-order valence-electron chi connectivity index (χ2n) is 4.59. The van der Waals surface area contributed by atoms with E-state index in [9.17, 15) is 8.42 Å². The van der Waals surface area contributed by atoms with Crippen molar-refractivity contribution >= 4 is 10.0 Å². The lowest BCUT2D eigenvalue weighted by atomic mass is 10.2. The van der Waals surface area contributed by atoms with Crippen molar-refractivity contribution in [3.05, 3.63) is 65.7 Å². The number of hydrogen-bond acceptors (Lipinski definition) is 3. The predicted octanol–water partition coefficient (Wildman–Crippen LogP) is 2.70. The number of rotatable bonds is 7. The van der Waals surface area contributed by atoms with Crippen LogP contribution in [0.3, 0.4) is 0 Å². The largest absolute Gasteiger partial charge is 0.377 e. The zero-order valence-corrected chi connectivity index (χ0v) is 12.8. The Bertz CT molecular complexity index is 669. The molecule has 0 bridgehead atoms. The van der Waals surface area contributed by atoms with E-state index in [1.54, 1.807) is 18.2 Å². The number of nitrogens with one attached hydrogen (secondary N) is 1. The van der Waals surface area contributed by atoms with E-state index in [0.717, 1.165) is 11.1 Å². The van der Waals surface area contributed by atoms with E-state index in [1.165, 1.54) is 0 Å². The maximum Gasteiger partial charge on any atom is 0.240 e. The van der Waals surface area contributed by atoms with Gasteiger partial charge in [-0.05, 0) is 30.2 Å². The summed E-state index contributed by atoms with van der Waals surface area (Å²) < 4.78 is 32.5. The highest BCUT2D eigenvalue weighted by Crippen LogP contribution is 2.13. The molecule has 0 aliphatic carbocycles. The summed E-state index contributed by atoms with van der Waals surface area (Å²) in [6.45, 7) is 3.20. The second-order valence-corrected chi connectivity index (χ2v) is 6.36. The van der Waals surface area contributed by atoms with Crippen molar-refractivity contribution in [3.8, 4) is 0 Å². The van der Waals surface area contributed by atoms with E-state index in [4.69, 9.17) is 4.74 Å². The molecule has 1 N–H and O–H groups in total. The maximum absolute atomic E-state index is 12.3. The Morgan fingerprint density at radius 2 is 1.71 bits per heavy atom. The number of sulfonamides is 1. The van der Waals surface area contributed by atoms with Gasteiger partial charge in [0, 0.05) is 13.2 Å². The number of ether oxygens (including phenoxy) is 1. The molecule has 2 rings (SSSR count). The molecule has 0 spiro atoms. The molecule has 0 atom stereocenters. The Morgan fingerprint density at radius 1 is 1.00 bits per heavy atom. The van der Waals surface area contributed by atoms with E-state index in [0.29, 0.717) is 13.2 Å². The summed E-state index contributed by atoms with van der Waals surface area (Å²) in [5.41, 5.74) is 1.77. The monoisotopic (exact) mass is 305 g/mol. The van der Waals surface area contributed by atoms with Crippen LogP contribution in [0, 0.1) is 0 Å². The highest BCUT2D eigenvalue weighted by molar-refractivity contribution is 7.89. The molecule has 0 saturated carbocycles. The van der Waals surface area contributed by atoms with Gasteiger partial charge in [-0.3, -0.25) is 0 Å². The smallest absolute Gasteiger partial charge is 0.240 e. The highest BCUT2D eigenvalue weighted by atomic mass is 32.2. The maximum atomic E-state index is 12.3. The molecule has 0 fully saturated rings. The molecule has 112 valence electrons. The molecule has 2 aromatic rings. The van der Waals surface area contributed by atoms with Crippen molar-refractivity contribution in [1.82, 2.24) is 4.72 Å². The summed E-state index contributed by atoms with van der Waals surface area (Å²) in [6.07, 6.45) is 0. The van der Waals surface area contributed by atoms with Gasteiger partial charge >= 0.3 is 0 Å². The van der Waals surface area contributed by atoms with Crippen LogP contribution in [-0.2, 0) is 27.9 Å². The Labute approximate surface area is 125 Å². The van der Waals surface area contributed by atoms with Gasteiger partial charge in [0.25, 0.3) is 0 Å². The van der Waals surface area contributed by atoms with Crippen LogP contribution in [0.5, 0.6) is 0 Å². The van der Waals surface area contributed by atoms with Crippen molar-refractivity contribution in [1.29, 1.82) is 0 Å². The minimum atomic E-state index is -3.51. The Morgan fingerprint density at radius 3 is 2.43 bits per heavy atom. The molecule has 0 aliphatic rings. The molecule has 0 radical (unpaired) electrons. The van der Waals surface area contributed by atoms with Gasteiger partial charge in [0.1, 0.15) is 0 Å². The fraction of sp³-hybridized carbons (Fsp3) is 0.250. The lowest BCUT2D eigenvalue weighted by Gasteiger charge is -2.08. The Kier molecular flexibility index (Phi) is 5.50. The van der Waals surface area contributed by atoms with Crippen LogP contribution in [0.15, 0.2) is 59.5 Å². The van der Waals surface area contributed by atoms with Crippen LogP contribution in [0.1, 0.15) is 18.1 Å². The molecular weight excluding hydrogens is 286 g/mol. The first-order valence-corrected chi connectivity index (χ1v) is 8.30. The average Bonchev–Trinajstić information content (AvgIpc) is 2.52. The SMILES string of the molecule is CCOCc1cccc(S(=O)(=O)NCc2ccccc2)c1. The summed E-state index contributed by atoms with van der Waals surface area (Å²) in [5.74, 6) is 0. The van der Waals surface area contributed by atoms with Gasteiger partial charge in [0.05, 0.1) is 11.5 Å². The van der Waals surface area contributed by atoms with Gasteiger partial charge in [0.15, 0.2) is 0 Å². The lowest BCUT2D eigenvalue weighted by molar-refractivity contribution is 0.134. The fourth-order valence-electron chi connectivity index (χ4n) is 1.88. The van der Waals surface area contributed by atoms with Crippen molar-refractivity contribution in [3.63, 3.8) is 0 Å². The molecule has 0 amide bonds. The van der Waals surface area contributed by atoms with E-state index >= 15 is 0 Å². The van der Waals surface area contributed by atoms with Gasteiger partial charge in [0.2, 0.25) is 10.0 Å². The van der Waals surface area contributed by atoms with Crippen LogP contribution < -0.4 is 4.72 Å². The standard InChI is InChI=1S/C16H19NO3S/c1-2-20-13-15-9-6-10-16(11-15)21(18,19)17-12-14-7-4-3-5-8-14/h3-11,17H,2,12-13H2,1H3. The molecule has 0 aromatic heterocycles. The molecule has 21 heavy (non-hydrogen) atoms. The summed E-state index contributed by atoms with van der Waals surface area (Å²) in [7, 11) is -3.51. The average molecular weight is 305 g/mol. The Hall–Kier alpha value is -1.69. The van der Waals surface area contributed by atoms with Crippen LogP contribution in [-0.4, -0.2) is 15.0 Å². The number of benzene rings is 2. The Balaban J connectivity index is 2.08. The lowest BCUT2D eigenvalue weighted by Crippen LogP contribution is -2.23. The van der Waals surface area contributed by atoms with Crippen LogP contribution in [0.25, 0.3) is 0 Å². The zero-order chi connectivity index (χ0) is 15.1. The zero-order valence-electron chi connectivity index (χ0n) is 12.0. The molecular formula is C16H19NO3S. The van der Waals surface area contributed by atoms with Crippen molar-refractivity contribution < 1.29 is 13.2 Å². The van der Waals surface area contributed by atoms with E-state index in [2.05, 4.69) is 4.72 Å². The molecule has 0 unspecified atom stereocenters.